The fraction of sp³-hybridized carbons (Fsp3) is 0.615. The van der Waals surface area contributed by atoms with Crippen LogP contribution in [0, 0.1) is 12.8 Å². The average Bonchev–Trinajstić information content (AvgIpc) is 2.25. The number of nitrogens with zero attached hydrogens (tertiary/aromatic N) is 2. The van der Waals surface area contributed by atoms with Crippen LogP contribution in [0.2, 0.25) is 0 Å². The van der Waals surface area contributed by atoms with Crippen LogP contribution in [0.4, 0.5) is 5.82 Å². The van der Waals surface area contributed by atoms with Crippen molar-refractivity contribution in [2.45, 2.75) is 40.3 Å². The highest BCUT2D eigenvalue weighted by molar-refractivity contribution is 5.42. The second kappa shape index (κ2) is 5.30. The molecule has 0 spiro atoms. The van der Waals surface area contributed by atoms with Gasteiger partial charge in [-0.1, -0.05) is 13.8 Å². The van der Waals surface area contributed by atoms with Gasteiger partial charge in [-0.25, -0.2) is 4.98 Å². The van der Waals surface area contributed by atoms with E-state index in [0.717, 1.165) is 17.1 Å². The minimum atomic E-state index is 0.472. The molecule has 0 radical (unpaired) electrons. The summed E-state index contributed by atoms with van der Waals surface area (Å²) in [5.74, 6) is 1.62. The maximum Gasteiger partial charge on any atom is 0.129 e. The molecule has 0 aliphatic carbocycles. The lowest BCUT2D eigenvalue weighted by molar-refractivity contribution is 0.502. The second-order valence-corrected chi connectivity index (χ2v) is 4.77. The van der Waals surface area contributed by atoms with Crippen molar-refractivity contribution in [3.8, 4) is 0 Å². The van der Waals surface area contributed by atoms with Gasteiger partial charge in [0.15, 0.2) is 0 Å². The summed E-state index contributed by atoms with van der Waals surface area (Å²) in [6, 6.07) is 4.59. The van der Waals surface area contributed by atoms with Crippen LogP contribution in [0.25, 0.3) is 0 Å². The Balaban J connectivity index is 2.98. The molecule has 3 heteroatoms. The molecule has 0 aromatic carbocycles. The zero-order valence-electron chi connectivity index (χ0n) is 11.0. The van der Waals surface area contributed by atoms with Gasteiger partial charge in [0.1, 0.15) is 5.82 Å². The monoisotopic (exact) mass is 221 g/mol. The summed E-state index contributed by atoms with van der Waals surface area (Å²) in [6.45, 7) is 9.25. The van der Waals surface area contributed by atoms with Crippen molar-refractivity contribution in [2.75, 3.05) is 11.9 Å². The molecular formula is C13H23N3. The standard InChI is InChI=1S/C13H23N3/c1-9(2)11(4)16(5)13-7-12(8-14)6-10(3)15-13/h6-7,9,11H,8,14H2,1-5H3. The van der Waals surface area contributed by atoms with E-state index in [1.165, 1.54) is 0 Å². The maximum atomic E-state index is 5.68. The molecule has 0 aliphatic rings. The minimum absolute atomic E-state index is 0.472. The summed E-state index contributed by atoms with van der Waals surface area (Å²) in [7, 11) is 2.09. The maximum absolute atomic E-state index is 5.68. The smallest absolute Gasteiger partial charge is 0.129 e. The first-order valence-corrected chi connectivity index (χ1v) is 5.86. The molecular weight excluding hydrogens is 198 g/mol. The van der Waals surface area contributed by atoms with E-state index in [2.05, 4.69) is 43.8 Å². The van der Waals surface area contributed by atoms with E-state index >= 15 is 0 Å². The fourth-order valence-corrected chi connectivity index (χ4v) is 1.68. The molecule has 0 amide bonds. The van der Waals surface area contributed by atoms with Crippen LogP contribution in [0.1, 0.15) is 32.0 Å². The third-order valence-electron chi connectivity index (χ3n) is 3.17. The van der Waals surface area contributed by atoms with Gasteiger partial charge in [0.05, 0.1) is 0 Å². The molecule has 0 fully saturated rings. The molecule has 0 bridgehead atoms. The van der Waals surface area contributed by atoms with Crippen molar-refractivity contribution in [1.82, 2.24) is 4.98 Å². The normalized spacial score (nSPS) is 12.9. The van der Waals surface area contributed by atoms with Crippen LogP contribution in [0.15, 0.2) is 12.1 Å². The quantitative estimate of drug-likeness (QED) is 0.848. The van der Waals surface area contributed by atoms with Crippen LogP contribution in [-0.4, -0.2) is 18.1 Å². The van der Waals surface area contributed by atoms with Gasteiger partial charge >= 0.3 is 0 Å². The number of aromatic nitrogens is 1. The second-order valence-electron chi connectivity index (χ2n) is 4.77. The Morgan fingerprint density at radius 2 is 1.94 bits per heavy atom. The Bertz CT molecular complexity index is 347. The molecule has 2 N–H and O–H groups in total. The largest absolute Gasteiger partial charge is 0.357 e. The van der Waals surface area contributed by atoms with Crippen LogP contribution in [0.5, 0.6) is 0 Å². The first kappa shape index (κ1) is 13.0. The van der Waals surface area contributed by atoms with E-state index in [9.17, 15) is 0 Å². The highest BCUT2D eigenvalue weighted by Crippen LogP contribution is 2.18. The third-order valence-corrected chi connectivity index (χ3v) is 3.17. The Morgan fingerprint density at radius 1 is 1.31 bits per heavy atom. The molecule has 16 heavy (non-hydrogen) atoms. The molecule has 1 aromatic rings. The summed E-state index contributed by atoms with van der Waals surface area (Å²) in [6.07, 6.45) is 0. The van der Waals surface area contributed by atoms with E-state index in [1.807, 2.05) is 13.0 Å². The molecule has 3 nitrogen and oxygen atoms in total. The van der Waals surface area contributed by atoms with Gasteiger partial charge in [-0.15, -0.1) is 0 Å². The van der Waals surface area contributed by atoms with E-state index in [1.54, 1.807) is 0 Å². The average molecular weight is 221 g/mol. The number of hydrogen-bond donors (Lipinski definition) is 1. The van der Waals surface area contributed by atoms with Crippen LogP contribution < -0.4 is 10.6 Å². The van der Waals surface area contributed by atoms with Gasteiger partial charge in [0.2, 0.25) is 0 Å². The van der Waals surface area contributed by atoms with E-state index in [-0.39, 0.29) is 0 Å². The Morgan fingerprint density at radius 3 is 2.44 bits per heavy atom. The molecule has 1 heterocycles. The Kier molecular flexibility index (Phi) is 4.30. The number of hydrogen-bond acceptors (Lipinski definition) is 3. The van der Waals surface area contributed by atoms with E-state index < -0.39 is 0 Å². The van der Waals surface area contributed by atoms with Crippen LogP contribution >= 0.6 is 0 Å². The molecule has 90 valence electrons. The number of pyridine rings is 1. The van der Waals surface area contributed by atoms with Crippen molar-refractivity contribution in [3.63, 3.8) is 0 Å². The summed E-state index contributed by atoms with van der Waals surface area (Å²) >= 11 is 0. The van der Waals surface area contributed by atoms with Gasteiger partial charge in [-0.3, -0.25) is 0 Å². The van der Waals surface area contributed by atoms with Crippen LogP contribution in [-0.2, 0) is 6.54 Å². The predicted octanol–water partition coefficient (Wildman–Crippen LogP) is 2.33. The molecule has 1 unspecified atom stereocenters. The first-order valence-electron chi connectivity index (χ1n) is 5.86. The van der Waals surface area contributed by atoms with E-state index in [4.69, 9.17) is 5.73 Å². The molecule has 1 aromatic heterocycles. The van der Waals surface area contributed by atoms with E-state index in [0.29, 0.717) is 18.5 Å². The topological polar surface area (TPSA) is 42.1 Å². The summed E-state index contributed by atoms with van der Waals surface area (Å²) < 4.78 is 0. The molecule has 0 saturated heterocycles. The number of nitrogens with two attached hydrogens (primary N) is 1. The highest BCUT2D eigenvalue weighted by atomic mass is 15.2. The van der Waals surface area contributed by atoms with Crippen LogP contribution in [0.3, 0.4) is 0 Å². The van der Waals surface area contributed by atoms with Gasteiger partial charge in [0, 0.05) is 25.3 Å². The van der Waals surface area contributed by atoms with Gasteiger partial charge in [-0.2, -0.15) is 0 Å². The number of rotatable bonds is 4. The van der Waals surface area contributed by atoms with Crippen molar-refractivity contribution in [2.24, 2.45) is 11.7 Å². The number of anilines is 1. The summed E-state index contributed by atoms with van der Waals surface area (Å²) in [4.78, 5) is 6.77. The molecule has 1 atom stereocenters. The Labute approximate surface area is 98.7 Å². The van der Waals surface area contributed by atoms with Crippen molar-refractivity contribution >= 4 is 5.82 Å². The lowest BCUT2D eigenvalue weighted by Crippen LogP contribution is -2.34. The number of aryl methyl sites for hydroxylation is 1. The lowest BCUT2D eigenvalue weighted by Gasteiger charge is -2.29. The van der Waals surface area contributed by atoms with Gasteiger partial charge in [0.25, 0.3) is 0 Å². The summed E-state index contributed by atoms with van der Waals surface area (Å²) in [5.41, 5.74) is 7.85. The summed E-state index contributed by atoms with van der Waals surface area (Å²) in [5, 5.41) is 0. The SMILES string of the molecule is Cc1cc(CN)cc(N(C)C(C)C(C)C)n1. The zero-order valence-corrected chi connectivity index (χ0v) is 11.0. The fourth-order valence-electron chi connectivity index (χ4n) is 1.68. The van der Waals surface area contributed by atoms with Crippen molar-refractivity contribution in [1.29, 1.82) is 0 Å². The molecule has 0 aliphatic heterocycles. The lowest BCUT2D eigenvalue weighted by atomic mass is 10.1. The highest BCUT2D eigenvalue weighted by Gasteiger charge is 2.15. The first-order chi connectivity index (χ1) is 7.45. The Hall–Kier alpha value is -1.09. The molecule has 0 saturated carbocycles. The van der Waals surface area contributed by atoms with Crippen molar-refractivity contribution < 1.29 is 0 Å². The zero-order chi connectivity index (χ0) is 12.3. The van der Waals surface area contributed by atoms with Gasteiger partial charge < -0.3 is 10.6 Å². The predicted molar refractivity (Wildman–Crippen MR) is 69.6 cm³/mol. The third kappa shape index (κ3) is 2.95. The van der Waals surface area contributed by atoms with Gasteiger partial charge in [-0.05, 0) is 37.5 Å². The molecule has 1 rings (SSSR count). The minimum Gasteiger partial charge on any atom is -0.357 e. The van der Waals surface area contributed by atoms with Crippen molar-refractivity contribution in [3.05, 3.63) is 23.4 Å².